The number of rotatable bonds is 9. The normalized spacial score (nSPS) is 10.8. The molecule has 1 aromatic heterocycles. The molecule has 10 heteroatoms. The molecule has 0 bridgehead atoms. The standard InChI is InChI=1S/C27H26O10/c1-5-15(29)19-22(33)20(16(30)6-2)26-21(25(19)35-17(31)7-3)23(34)27(36-18(32)8-4)24(37-26)13-9-11-14(28)12-10-13/h9-12,28,33H,5-8H2,1-4H3. The van der Waals surface area contributed by atoms with E-state index in [1.807, 2.05) is 0 Å². The molecular weight excluding hydrogens is 484 g/mol. The highest BCUT2D eigenvalue weighted by Gasteiger charge is 2.33. The van der Waals surface area contributed by atoms with Crippen molar-refractivity contribution in [2.45, 2.75) is 53.4 Å². The van der Waals surface area contributed by atoms with E-state index in [4.69, 9.17) is 13.9 Å². The van der Waals surface area contributed by atoms with Gasteiger partial charge >= 0.3 is 11.9 Å². The number of hydrogen-bond acceptors (Lipinski definition) is 10. The van der Waals surface area contributed by atoms with Crippen LogP contribution in [0, 0.1) is 0 Å². The molecular formula is C27H26O10. The molecule has 1 heterocycles. The average Bonchev–Trinajstić information content (AvgIpc) is 2.89. The molecule has 0 radical (unpaired) electrons. The van der Waals surface area contributed by atoms with Gasteiger partial charge in [0.25, 0.3) is 0 Å². The van der Waals surface area contributed by atoms with Gasteiger partial charge in [-0.3, -0.25) is 24.0 Å². The van der Waals surface area contributed by atoms with Crippen molar-refractivity contribution in [2.75, 3.05) is 0 Å². The smallest absolute Gasteiger partial charge is 0.311 e. The zero-order valence-corrected chi connectivity index (χ0v) is 20.8. The lowest BCUT2D eigenvalue weighted by Crippen LogP contribution is -2.19. The van der Waals surface area contributed by atoms with Crippen LogP contribution < -0.4 is 14.9 Å². The number of benzene rings is 2. The van der Waals surface area contributed by atoms with Crippen LogP contribution in [0.2, 0.25) is 0 Å². The average molecular weight is 510 g/mol. The predicted octanol–water partition coefficient (Wildman–Crippen LogP) is 4.69. The third kappa shape index (κ3) is 5.09. The Morgan fingerprint density at radius 2 is 1.27 bits per heavy atom. The van der Waals surface area contributed by atoms with Crippen molar-refractivity contribution in [1.82, 2.24) is 0 Å². The number of carbonyl (C=O) groups excluding carboxylic acids is 4. The minimum Gasteiger partial charge on any atom is -0.508 e. The third-order valence-corrected chi connectivity index (χ3v) is 5.56. The second-order valence-corrected chi connectivity index (χ2v) is 7.98. The van der Waals surface area contributed by atoms with E-state index in [1.54, 1.807) is 0 Å². The van der Waals surface area contributed by atoms with Crippen molar-refractivity contribution in [2.24, 2.45) is 0 Å². The van der Waals surface area contributed by atoms with Crippen LogP contribution in [-0.2, 0) is 9.59 Å². The molecule has 0 unspecified atom stereocenters. The van der Waals surface area contributed by atoms with Crippen molar-refractivity contribution in [3.05, 3.63) is 45.6 Å². The van der Waals surface area contributed by atoms with E-state index >= 15 is 0 Å². The zero-order valence-electron chi connectivity index (χ0n) is 20.8. The number of Topliss-reactive ketones (excluding diaryl/α,β-unsaturated/α-hetero) is 2. The molecule has 3 aromatic rings. The Morgan fingerprint density at radius 1 is 0.757 bits per heavy atom. The summed E-state index contributed by atoms with van der Waals surface area (Å²) in [6, 6.07) is 5.38. The number of ketones is 2. The van der Waals surface area contributed by atoms with Crippen LogP contribution in [0.3, 0.4) is 0 Å². The minimum absolute atomic E-state index is 0.0880. The van der Waals surface area contributed by atoms with Gasteiger partial charge in [0.15, 0.2) is 28.7 Å². The number of fused-ring (bicyclic) bond motifs is 1. The summed E-state index contributed by atoms with van der Waals surface area (Å²) in [5.74, 6) is -5.27. The van der Waals surface area contributed by atoms with Gasteiger partial charge in [-0.05, 0) is 24.3 Å². The number of ether oxygens (including phenoxy) is 2. The zero-order chi connectivity index (χ0) is 27.4. The number of aromatic hydroxyl groups is 2. The second-order valence-electron chi connectivity index (χ2n) is 7.98. The van der Waals surface area contributed by atoms with E-state index in [-0.39, 0.29) is 42.8 Å². The van der Waals surface area contributed by atoms with E-state index in [9.17, 15) is 34.2 Å². The van der Waals surface area contributed by atoms with Crippen LogP contribution in [0.15, 0.2) is 33.5 Å². The van der Waals surface area contributed by atoms with Crippen molar-refractivity contribution in [1.29, 1.82) is 0 Å². The van der Waals surface area contributed by atoms with Crippen molar-refractivity contribution in [3.63, 3.8) is 0 Å². The molecule has 0 aliphatic heterocycles. The molecule has 0 fully saturated rings. The van der Waals surface area contributed by atoms with E-state index in [2.05, 4.69) is 0 Å². The first kappa shape index (κ1) is 27.1. The van der Waals surface area contributed by atoms with Gasteiger partial charge in [-0.1, -0.05) is 27.7 Å². The van der Waals surface area contributed by atoms with Gasteiger partial charge in [-0.25, -0.2) is 0 Å². The fourth-order valence-corrected chi connectivity index (χ4v) is 3.61. The molecule has 0 atom stereocenters. The Bertz CT molecular complexity index is 1460. The first-order chi connectivity index (χ1) is 17.6. The SMILES string of the molecule is CCC(=O)Oc1c(-c2ccc(O)cc2)oc2c(C(=O)CC)c(O)c(C(=O)CC)c(OC(=O)CC)c2c1=O. The van der Waals surface area contributed by atoms with Gasteiger partial charge in [0.2, 0.25) is 11.2 Å². The van der Waals surface area contributed by atoms with Crippen LogP contribution in [0.25, 0.3) is 22.3 Å². The van der Waals surface area contributed by atoms with Crippen LogP contribution in [0.5, 0.6) is 23.0 Å². The Balaban J connectivity index is 2.64. The lowest BCUT2D eigenvalue weighted by atomic mass is 9.94. The fourth-order valence-electron chi connectivity index (χ4n) is 3.61. The first-order valence-electron chi connectivity index (χ1n) is 11.8. The van der Waals surface area contributed by atoms with Gasteiger partial charge < -0.3 is 24.1 Å². The lowest BCUT2D eigenvalue weighted by Gasteiger charge is -2.18. The summed E-state index contributed by atoms with van der Waals surface area (Å²) >= 11 is 0. The molecule has 0 spiro atoms. The largest absolute Gasteiger partial charge is 0.508 e. The second kappa shape index (κ2) is 11.1. The van der Waals surface area contributed by atoms with Gasteiger partial charge in [-0.2, -0.15) is 0 Å². The number of phenols is 2. The van der Waals surface area contributed by atoms with Crippen LogP contribution in [0.1, 0.15) is 74.1 Å². The third-order valence-electron chi connectivity index (χ3n) is 5.56. The van der Waals surface area contributed by atoms with Crippen molar-refractivity contribution in [3.8, 4) is 34.3 Å². The lowest BCUT2D eigenvalue weighted by molar-refractivity contribution is -0.135. The Labute approximate surface area is 211 Å². The summed E-state index contributed by atoms with van der Waals surface area (Å²) in [6.07, 6.45) is -0.503. The molecule has 2 N–H and O–H groups in total. The van der Waals surface area contributed by atoms with E-state index in [0.29, 0.717) is 0 Å². The molecule has 3 rings (SSSR count). The molecule has 0 saturated heterocycles. The van der Waals surface area contributed by atoms with Crippen LogP contribution in [-0.4, -0.2) is 33.7 Å². The highest BCUT2D eigenvalue weighted by molar-refractivity contribution is 6.17. The quantitative estimate of drug-likeness (QED) is 0.235. The number of hydrogen-bond donors (Lipinski definition) is 2. The molecule has 10 nitrogen and oxygen atoms in total. The summed E-state index contributed by atoms with van der Waals surface area (Å²) < 4.78 is 16.6. The molecule has 0 amide bonds. The number of carbonyl (C=O) groups is 4. The van der Waals surface area contributed by atoms with Gasteiger partial charge in [0.1, 0.15) is 28.0 Å². The fraction of sp³-hybridized carbons (Fsp3) is 0.296. The van der Waals surface area contributed by atoms with E-state index in [0.717, 1.165) is 0 Å². The highest BCUT2D eigenvalue weighted by atomic mass is 16.5. The molecule has 2 aromatic carbocycles. The number of esters is 2. The maximum atomic E-state index is 13.9. The topological polar surface area (TPSA) is 157 Å². The van der Waals surface area contributed by atoms with Crippen LogP contribution >= 0.6 is 0 Å². The predicted molar refractivity (Wildman–Crippen MR) is 132 cm³/mol. The Kier molecular flexibility index (Phi) is 8.11. The molecule has 194 valence electrons. The van der Waals surface area contributed by atoms with Crippen LogP contribution in [0.4, 0.5) is 0 Å². The summed E-state index contributed by atoms with van der Waals surface area (Å²) in [5.41, 5.74) is -2.21. The monoisotopic (exact) mass is 510 g/mol. The summed E-state index contributed by atoms with van der Waals surface area (Å²) in [7, 11) is 0. The van der Waals surface area contributed by atoms with Crippen molar-refractivity contribution >= 4 is 34.5 Å². The molecule has 0 aliphatic rings. The highest BCUT2D eigenvalue weighted by Crippen LogP contribution is 2.44. The summed E-state index contributed by atoms with van der Waals surface area (Å²) in [6.45, 7) is 5.99. The summed E-state index contributed by atoms with van der Waals surface area (Å²) in [4.78, 5) is 64.2. The van der Waals surface area contributed by atoms with Crippen molar-refractivity contribution < 1.29 is 43.3 Å². The van der Waals surface area contributed by atoms with Gasteiger partial charge in [0, 0.05) is 31.2 Å². The minimum atomic E-state index is -1.000. The molecule has 0 aliphatic carbocycles. The molecule has 37 heavy (non-hydrogen) atoms. The Morgan fingerprint density at radius 3 is 1.78 bits per heavy atom. The maximum Gasteiger partial charge on any atom is 0.311 e. The first-order valence-corrected chi connectivity index (χ1v) is 11.8. The molecule has 0 saturated carbocycles. The summed E-state index contributed by atoms with van der Waals surface area (Å²) in [5, 5.41) is 20.3. The van der Waals surface area contributed by atoms with E-state index in [1.165, 1.54) is 52.0 Å². The van der Waals surface area contributed by atoms with Gasteiger partial charge in [-0.15, -0.1) is 0 Å². The van der Waals surface area contributed by atoms with E-state index < -0.39 is 68.3 Å². The number of phenolic OH excluding ortho intramolecular Hbond substituents is 2. The van der Waals surface area contributed by atoms with Gasteiger partial charge in [0.05, 0.1) is 0 Å². The maximum absolute atomic E-state index is 13.9. The Hall–Kier alpha value is -4.47.